The molecule has 0 unspecified atom stereocenters. The van der Waals surface area contributed by atoms with Crippen LogP contribution in [0.25, 0.3) is 0 Å². The normalized spacial score (nSPS) is 19.6. The third kappa shape index (κ3) is 4.95. The highest BCUT2D eigenvalue weighted by Gasteiger charge is 2.14. The van der Waals surface area contributed by atoms with Gasteiger partial charge in [0.1, 0.15) is 0 Å². The average Bonchev–Trinajstić information content (AvgIpc) is 2.45. The van der Waals surface area contributed by atoms with E-state index in [4.69, 9.17) is 4.74 Å². The predicted molar refractivity (Wildman–Crippen MR) is 72.9 cm³/mol. The van der Waals surface area contributed by atoms with Gasteiger partial charge in [0.25, 0.3) is 6.43 Å². The van der Waals surface area contributed by atoms with E-state index in [0.29, 0.717) is 18.5 Å². The van der Waals surface area contributed by atoms with Crippen LogP contribution in [-0.4, -0.2) is 35.6 Å². The summed E-state index contributed by atoms with van der Waals surface area (Å²) in [7, 11) is 0. The number of thioether (sulfide) groups is 1. The molecule has 1 saturated heterocycles. The van der Waals surface area contributed by atoms with Crippen molar-refractivity contribution >= 4 is 11.8 Å². The lowest BCUT2D eigenvalue weighted by Gasteiger charge is -2.22. The number of nitrogens with one attached hydrogen (secondary N) is 1. The molecule has 0 aliphatic carbocycles. The van der Waals surface area contributed by atoms with Gasteiger partial charge in [-0.1, -0.05) is 6.07 Å². The zero-order valence-corrected chi connectivity index (χ0v) is 11.5. The number of nitrogens with zero attached hydrogens (tertiary/aromatic N) is 1. The van der Waals surface area contributed by atoms with Crippen LogP contribution in [0.4, 0.5) is 8.78 Å². The topological polar surface area (TPSA) is 34.1 Å². The lowest BCUT2D eigenvalue weighted by Crippen LogP contribution is -2.33. The number of hydrogen-bond acceptors (Lipinski definition) is 4. The second-order valence-corrected chi connectivity index (χ2v) is 5.61. The largest absolute Gasteiger partial charge is 0.471 e. The van der Waals surface area contributed by atoms with Gasteiger partial charge in [-0.3, -0.25) is 0 Å². The molecule has 1 atom stereocenters. The Labute approximate surface area is 116 Å². The monoisotopic (exact) mass is 288 g/mol. The van der Waals surface area contributed by atoms with Crippen molar-refractivity contribution in [1.29, 1.82) is 0 Å². The van der Waals surface area contributed by atoms with Crippen LogP contribution >= 0.6 is 11.8 Å². The maximum Gasteiger partial charge on any atom is 0.272 e. The first-order chi connectivity index (χ1) is 9.25. The van der Waals surface area contributed by atoms with Gasteiger partial charge in [0, 0.05) is 30.1 Å². The van der Waals surface area contributed by atoms with Crippen molar-refractivity contribution < 1.29 is 13.5 Å². The van der Waals surface area contributed by atoms with Crippen LogP contribution in [0.2, 0.25) is 0 Å². The molecule has 0 radical (unpaired) electrons. The molecular formula is C13H18F2N2OS. The van der Waals surface area contributed by atoms with Crippen LogP contribution in [0.5, 0.6) is 5.88 Å². The number of hydrogen-bond donors (Lipinski definition) is 1. The molecule has 1 aromatic heterocycles. The fraction of sp³-hybridized carbons (Fsp3) is 0.615. The number of aromatic nitrogens is 1. The maximum absolute atomic E-state index is 12.2. The quantitative estimate of drug-likeness (QED) is 0.873. The Balaban J connectivity index is 1.87. The molecule has 1 aliphatic heterocycles. The summed E-state index contributed by atoms with van der Waals surface area (Å²) in [6, 6.07) is 4.14. The van der Waals surface area contributed by atoms with Crippen LogP contribution in [0.15, 0.2) is 18.3 Å². The Morgan fingerprint density at radius 3 is 3.16 bits per heavy atom. The van der Waals surface area contributed by atoms with Crippen molar-refractivity contribution in [2.45, 2.75) is 31.9 Å². The fourth-order valence-corrected chi connectivity index (χ4v) is 3.09. The minimum atomic E-state index is -2.47. The number of alkyl halides is 2. The second-order valence-electron chi connectivity index (χ2n) is 4.46. The van der Waals surface area contributed by atoms with E-state index in [-0.39, 0.29) is 0 Å². The summed E-state index contributed by atoms with van der Waals surface area (Å²) >= 11 is 1.95. The van der Waals surface area contributed by atoms with Crippen molar-refractivity contribution in [3.05, 3.63) is 23.9 Å². The summed E-state index contributed by atoms with van der Waals surface area (Å²) in [5.74, 6) is 2.64. The van der Waals surface area contributed by atoms with Gasteiger partial charge in [0.05, 0.1) is 0 Å². The summed E-state index contributed by atoms with van der Waals surface area (Å²) < 4.78 is 29.3. The van der Waals surface area contributed by atoms with Gasteiger partial charge in [-0.05, 0) is 24.7 Å². The molecule has 1 N–H and O–H groups in total. The molecule has 0 bridgehead atoms. The van der Waals surface area contributed by atoms with E-state index in [1.54, 1.807) is 12.3 Å². The Bertz CT molecular complexity index is 387. The standard InChI is InChI=1S/C13H18F2N2OS/c14-12(15)8-18-13-10(3-1-5-16-13)7-17-11-4-2-6-19-9-11/h1,3,5,11-12,17H,2,4,6-9H2/t11-/m0/s1. The van der Waals surface area contributed by atoms with Crippen LogP contribution in [0.1, 0.15) is 18.4 Å². The highest BCUT2D eigenvalue weighted by Crippen LogP contribution is 2.19. The van der Waals surface area contributed by atoms with Gasteiger partial charge in [-0.2, -0.15) is 11.8 Å². The van der Waals surface area contributed by atoms with Crippen molar-refractivity contribution in [2.75, 3.05) is 18.1 Å². The van der Waals surface area contributed by atoms with Gasteiger partial charge in [0.2, 0.25) is 5.88 Å². The van der Waals surface area contributed by atoms with Crippen LogP contribution < -0.4 is 10.1 Å². The smallest absolute Gasteiger partial charge is 0.272 e. The molecule has 0 spiro atoms. The minimum Gasteiger partial charge on any atom is -0.471 e. The first-order valence-corrected chi connectivity index (χ1v) is 7.57. The second kappa shape index (κ2) is 7.65. The summed E-state index contributed by atoms with van der Waals surface area (Å²) in [6.07, 6.45) is 1.48. The van der Waals surface area contributed by atoms with Crippen molar-refractivity contribution in [3.8, 4) is 5.88 Å². The van der Waals surface area contributed by atoms with E-state index in [0.717, 1.165) is 11.3 Å². The lowest BCUT2D eigenvalue weighted by molar-refractivity contribution is 0.0789. The third-order valence-corrected chi connectivity index (χ3v) is 4.15. The summed E-state index contributed by atoms with van der Waals surface area (Å²) in [6.45, 7) is 0.000924. The molecule has 1 aromatic rings. The Morgan fingerprint density at radius 1 is 1.53 bits per heavy atom. The van der Waals surface area contributed by atoms with Gasteiger partial charge in [0.15, 0.2) is 6.61 Å². The molecular weight excluding hydrogens is 270 g/mol. The highest BCUT2D eigenvalue weighted by molar-refractivity contribution is 7.99. The number of rotatable bonds is 6. The molecule has 1 aliphatic rings. The molecule has 0 amide bonds. The molecule has 0 aromatic carbocycles. The van der Waals surface area contributed by atoms with Crippen LogP contribution in [0, 0.1) is 0 Å². The van der Waals surface area contributed by atoms with Crippen molar-refractivity contribution in [1.82, 2.24) is 10.3 Å². The molecule has 1 fully saturated rings. The SMILES string of the molecule is FC(F)COc1ncccc1CN[C@H]1CCCSC1. The Hall–Kier alpha value is -0.880. The molecule has 6 heteroatoms. The van der Waals surface area contributed by atoms with E-state index in [9.17, 15) is 8.78 Å². The van der Waals surface area contributed by atoms with Crippen LogP contribution in [0.3, 0.4) is 0 Å². The lowest BCUT2D eigenvalue weighted by atomic mass is 10.1. The highest BCUT2D eigenvalue weighted by atomic mass is 32.2. The average molecular weight is 288 g/mol. The Kier molecular flexibility index (Phi) is 5.85. The minimum absolute atomic E-state index is 0.304. The van der Waals surface area contributed by atoms with Gasteiger partial charge < -0.3 is 10.1 Å². The first kappa shape index (κ1) is 14.5. The zero-order chi connectivity index (χ0) is 13.5. The van der Waals surface area contributed by atoms with E-state index in [2.05, 4.69) is 10.3 Å². The molecule has 0 saturated carbocycles. The molecule has 19 heavy (non-hydrogen) atoms. The number of halogens is 2. The van der Waals surface area contributed by atoms with Gasteiger partial charge in [-0.15, -0.1) is 0 Å². The van der Waals surface area contributed by atoms with E-state index in [1.807, 2.05) is 17.8 Å². The summed E-state index contributed by atoms with van der Waals surface area (Å²) in [5.41, 5.74) is 0.832. The predicted octanol–water partition coefficient (Wildman–Crippen LogP) is 2.71. The number of pyridine rings is 1. The third-order valence-electron chi connectivity index (χ3n) is 2.94. The summed E-state index contributed by atoms with van der Waals surface area (Å²) in [5, 5.41) is 3.44. The van der Waals surface area contributed by atoms with Crippen molar-refractivity contribution in [2.24, 2.45) is 0 Å². The maximum atomic E-state index is 12.2. The van der Waals surface area contributed by atoms with Crippen molar-refractivity contribution in [3.63, 3.8) is 0 Å². The van der Waals surface area contributed by atoms with E-state index in [1.165, 1.54) is 18.6 Å². The fourth-order valence-electron chi connectivity index (χ4n) is 1.99. The molecule has 2 rings (SSSR count). The van der Waals surface area contributed by atoms with E-state index >= 15 is 0 Å². The van der Waals surface area contributed by atoms with E-state index < -0.39 is 13.0 Å². The first-order valence-electron chi connectivity index (χ1n) is 6.41. The molecule has 3 nitrogen and oxygen atoms in total. The molecule has 2 heterocycles. The Morgan fingerprint density at radius 2 is 2.42 bits per heavy atom. The van der Waals surface area contributed by atoms with Crippen LogP contribution in [-0.2, 0) is 6.54 Å². The molecule has 106 valence electrons. The number of ether oxygens (including phenoxy) is 1. The van der Waals surface area contributed by atoms with Gasteiger partial charge in [-0.25, -0.2) is 13.8 Å². The zero-order valence-electron chi connectivity index (χ0n) is 10.6. The van der Waals surface area contributed by atoms with Gasteiger partial charge >= 0.3 is 0 Å². The summed E-state index contributed by atoms with van der Waals surface area (Å²) in [4.78, 5) is 4.01.